The van der Waals surface area contributed by atoms with Crippen molar-refractivity contribution >= 4 is 11.8 Å². The largest absolute Gasteiger partial charge is 0.356 e. The number of carbonyl (C=O) groups excluding carboxylic acids is 2. The summed E-state index contributed by atoms with van der Waals surface area (Å²) in [6, 6.07) is 3.43. The van der Waals surface area contributed by atoms with Crippen molar-refractivity contribution in [1.29, 1.82) is 0 Å². The molecule has 8 nitrogen and oxygen atoms in total. The predicted octanol–water partition coefficient (Wildman–Crippen LogP) is 0.562. The normalized spacial score (nSPS) is 23.1. The van der Waals surface area contributed by atoms with E-state index in [2.05, 4.69) is 15.4 Å². The lowest BCUT2D eigenvalue weighted by Crippen LogP contribution is -2.55. The third-order valence-electron chi connectivity index (χ3n) is 4.71. The van der Waals surface area contributed by atoms with Gasteiger partial charge in [0.05, 0.1) is 12.2 Å². The van der Waals surface area contributed by atoms with Gasteiger partial charge in [-0.3, -0.25) is 19.3 Å². The minimum Gasteiger partial charge on any atom is -0.356 e. The monoisotopic (exact) mass is 355 g/mol. The lowest BCUT2D eigenvalue weighted by Gasteiger charge is -2.40. The van der Waals surface area contributed by atoms with Crippen LogP contribution in [0.2, 0.25) is 0 Å². The van der Waals surface area contributed by atoms with Gasteiger partial charge in [-0.15, -0.1) is 0 Å². The summed E-state index contributed by atoms with van der Waals surface area (Å²) in [5, 5.41) is 7.00. The van der Waals surface area contributed by atoms with Crippen LogP contribution in [-0.2, 0) is 27.9 Å². The summed E-state index contributed by atoms with van der Waals surface area (Å²) in [4.78, 5) is 31.3. The summed E-state index contributed by atoms with van der Waals surface area (Å²) in [5.74, 6) is -0.307. The Morgan fingerprint density at radius 1 is 1.38 bits per heavy atom. The first-order chi connectivity index (χ1) is 12.6. The Balaban J connectivity index is 1.55. The minimum absolute atomic E-state index is 0.0712. The van der Waals surface area contributed by atoms with Crippen LogP contribution in [0.1, 0.15) is 30.0 Å². The molecule has 2 fully saturated rings. The molecule has 3 heterocycles. The zero-order chi connectivity index (χ0) is 18.1. The summed E-state index contributed by atoms with van der Waals surface area (Å²) in [6.07, 6.45) is 8.10. The Labute approximate surface area is 151 Å². The molecule has 2 atom stereocenters. The van der Waals surface area contributed by atoms with Crippen molar-refractivity contribution in [2.45, 2.75) is 37.6 Å². The van der Waals surface area contributed by atoms with Crippen LogP contribution in [0.4, 0.5) is 0 Å². The number of nitrogens with one attached hydrogen (secondary N) is 1. The number of carbonyl (C=O) groups is 2. The topological polar surface area (TPSA) is 89.4 Å². The zero-order valence-electron chi connectivity index (χ0n) is 14.5. The van der Waals surface area contributed by atoms with Crippen LogP contribution in [-0.4, -0.2) is 50.2 Å². The molecular weight excluding hydrogens is 334 g/mol. The number of amides is 2. The second-order valence-electron chi connectivity index (χ2n) is 6.74. The molecule has 26 heavy (non-hydrogen) atoms. The molecule has 0 radical (unpaired) electrons. The fraction of sp³-hybridized carbons (Fsp3) is 0.444. The van der Waals surface area contributed by atoms with Gasteiger partial charge in [0, 0.05) is 43.8 Å². The van der Waals surface area contributed by atoms with Gasteiger partial charge in [0.1, 0.15) is 6.61 Å². The molecule has 4 rings (SSSR count). The summed E-state index contributed by atoms with van der Waals surface area (Å²) >= 11 is 0. The highest BCUT2D eigenvalue weighted by Gasteiger charge is 2.47. The number of hydrogen-bond donors (Lipinski definition) is 1. The van der Waals surface area contributed by atoms with E-state index in [9.17, 15) is 9.59 Å². The van der Waals surface area contributed by atoms with E-state index in [0.717, 1.165) is 24.0 Å². The molecule has 136 valence electrons. The fourth-order valence-electron chi connectivity index (χ4n) is 3.37. The highest BCUT2D eigenvalue weighted by Crippen LogP contribution is 2.39. The molecule has 0 aromatic carbocycles. The van der Waals surface area contributed by atoms with Crippen molar-refractivity contribution in [2.75, 3.05) is 6.61 Å². The second-order valence-corrected chi connectivity index (χ2v) is 6.74. The van der Waals surface area contributed by atoms with Gasteiger partial charge in [-0.25, -0.2) is 0 Å². The molecule has 1 saturated carbocycles. The highest BCUT2D eigenvalue weighted by molar-refractivity contribution is 5.86. The van der Waals surface area contributed by atoms with Gasteiger partial charge in [0.2, 0.25) is 5.91 Å². The fourth-order valence-corrected chi connectivity index (χ4v) is 3.37. The minimum atomic E-state index is -0.755. The van der Waals surface area contributed by atoms with Gasteiger partial charge in [-0.1, -0.05) is 6.07 Å². The number of ether oxygens (including phenoxy) is 1. The van der Waals surface area contributed by atoms with Gasteiger partial charge >= 0.3 is 0 Å². The smallest absolute Gasteiger partial charge is 0.251 e. The average molecular weight is 355 g/mol. The van der Waals surface area contributed by atoms with E-state index < -0.39 is 12.1 Å². The Hall–Kier alpha value is -2.74. The third-order valence-corrected chi connectivity index (χ3v) is 4.71. The van der Waals surface area contributed by atoms with Gasteiger partial charge < -0.3 is 15.0 Å². The Kier molecular flexibility index (Phi) is 4.42. The lowest BCUT2D eigenvalue weighted by molar-refractivity contribution is -0.165. The van der Waals surface area contributed by atoms with Crippen LogP contribution < -0.4 is 5.32 Å². The lowest BCUT2D eigenvalue weighted by atomic mass is 9.98. The molecule has 0 unspecified atom stereocenters. The SMILES string of the molecule is Cn1cc(CNC(=O)[C@H]2OCC(=O)N(C3CC3)[C@@H]2c2cccnc2)cn1. The summed E-state index contributed by atoms with van der Waals surface area (Å²) < 4.78 is 7.35. The molecule has 2 amide bonds. The van der Waals surface area contributed by atoms with Crippen molar-refractivity contribution in [3.05, 3.63) is 48.0 Å². The summed E-state index contributed by atoms with van der Waals surface area (Å²) in [7, 11) is 1.83. The number of morpholine rings is 1. The van der Waals surface area contributed by atoms with Crippen molar-refractivity contribution in [3.8, 4) is 0 Å². The first-order valence-corrected chi connectivity index (χ1v) is 8.71. The van der Waals surface area contributed by atoms with Crippen molar-refractivity contribution in [3.63, 3.8) is 0 Å². The average Bonchev–Trinajstić information content (AvgIpc) is 3.41. The third kappa shape index (κ3) is 3.32. The molecule has 1 aliphatic carbocycles. The molecule has 8 heteroatoms. The standard InChI is InChI=1S/C18H21N5O3/c1-22-10-12(8-21-22)7-20-18(25)17-16(13-3-2-6-19-9-13)23(14-4-5-14)15(24)11-26-17/h2-3,6,8-10,14,16-17H,4-5,7,11H2,1H3,(H,20,25)/t16-,17+/m1/s1. The molecule has 1 aliphatic heterocycles. The van der Waals surface area contributed by atoms with E-state index in [-0.39, 0.29) is 24.5 Å². The molecule has 2 aromatic rings. The van der Waals surface area contributed by atoms with Crippen LogP contribution >= 0.6 is 0 Å². The second kappa shape index (κ2) is 6.87. The van der Waals surface area contributed by atoms with Crippen molar-refractivity contribution < 1.29 is 14.3 Å². The Bertz CT molecular complexity index is 802. The number of pyridine rings is 1. The molecule has 1 N–H and O–H groups in total. The first kappa shape index (κ1) is 16.7. The Morgan fingerprint density at radius 2 is 2.23 bits per heavy atom. The number of aryl methyl sites for hydroxylation is 1. The van der Waals surface area contributed by atoms with E-state index in [0.29, 0.717) is 6.54 Å². The van der Waals surface area contributed by atoms with E-state index in [4.69, 9.17) is 4.74 Å². The molecule has 0 bridgehead atoms. The maximum absolute atomic E-state index is 12.8. The van der Waals surface area contributed by atoms with Crippen molar-refractivity contribution in [2.24, 2.45) is 7.05 Å². The summed E-state index contributed by atoms with van der Waals surface area (Å²) in [5.41, 5.74) is 1.72. The molecule has 0 spiro atoms. The first-order valence-electron chi connectivity index (χ1n) is 8.71. The highest BCUT2D eigenvalue weighted by atomic mass is 16.5. The van der Waals surface area contributed by atoms with Crippen LogP contribution in [0.3, 0.4) is 0 Å². The number of hydrogen-bond acceptors (Lipinski definition) is 5. The maximum Gasteiger partial charge on any atom is 0.251 e. The molecule has 2 aromatic heterocycles. The maximum atomic E-state index is 12.8. The van der Waals surface area contributed by atoms with Crippen LogP contribution in [0, 0.1) is 0 Å². The van der Waals surface area contributed by atoms with Crippen molar-refractivity contribution in [1.82, 2.24) is 25.0 Å². The predicted molar refractivity (Wildman–Crippen MR) is 91.6 cm³/mol. The zero-order valence-corrected chi connectivity index (χ0v) is 14.5. The number of nitrogens with zero attached hydrogens (tertiary/aromatic N) is 4. The van der Waals surface area contributed by atoms with Gasteiger partial charge in [-0.2, -0.15) is 5.10 Å². The Morgan fingerprint density at radius 3 is 2.88 bits per heavy atom. The molecule has 2 aliphatic rings. The molecular formula is C18H21N5O3. The van der Waals surface area contributed by atoms with Gasteiger partial charge in [-0.05, 0) is 24.5 Å². The van der Waals surface area contributed by atoms with E-state index in [1.54, 1.807) is 23.3 Å². The quantitative estimate of drug-likeness (QED) is 0.847. The molecule has 1 saturated heterocycles. The van der Waals surface area contributed by atoms with Crippen LogP contribution in [0.5, 0.6) is 0 Å². The van der Waals surface area contributed by atoms with Gasteiger partial charge in [0.25, 0.3) is 5.91 Å². The number of aromatic nitrogens is 3. The van der Waals surface area contributed by atoms with E-state index in [1.807, 2.05) is 30.3 Å². The summed E-state index contributed by atoms with van der Waals surface area (Å²) in [6.45, 7) is 0.294. The van der Waals surface area contributed by atoms with E-state index >= 15 is 0 Å². The van der Waals surface area contributed by atoms with Gasteiger partial charge in [0.15, 0.2) is 6.10 Å². The van der Waals surface area contributed by atoms with Crippen LogP contribution in [0.15, 0.2) is 36.9 Å². The van der Waals surface area contributed by atoms with E-state index in [1.165, 1.54) is 0 Å². The number of rotatable bonds is 5. The van der Waals surface area contributed by atoms with Crippen LogP contribution in [0.25, 0.3) is 0 Å².